The molecule has 2 fully saturated rings. The molecule has 0 spiro atoms. The number of halogens is 3. The predicted molar refractivity (Wildman–Crippen MR) is 121 cm³/mol. The number of likely N-dealkylation sites (tertiary alicyclic amines) is 1. The van der Waals surface area contributed by atoms with Crippen molar-refractivity contribution in [3.8, 4) is 11.3 Å². The summed E-state index contributed by atoms with van der Waals surface area (Å²) in [5, 5.41) is 15.2. The third-order valence-electron chi connectivity index (χ3n) is 7.10. The Kier molecular flexibility index (Phi) is 5.44. The number of fused-ring (bicyclic) bond motifs is 1. The van der Waals surface area contributed by atoms with E-state index in [1.54, 1.807) is 25.3 Å². The van der Waals surface area contributed by atoms with Gasteiger partial charge in [-0.1, -0.05) is 12.1 Å². The Hall–Kier alpha value is -3.31. The highest BCUT2D eigenvalue weighted by molar-refractivity contribution is 5.59. The van der Waals surface area contributed by atoms with Crippen LogP contribution in [0.5, 0.6) is 0 Å². The van der Waals surface area contributed by atoms with Crippen LogP contribution in [0.3, 0.4) is 0 Å². The molecule has 5 rings (SSSR count). The van der Waals surface area contributed by atoms with E-state index >= 15 is 0 Å². The van der Waals surface area contributed by atoms with E-state index in [0.717, 1.165) is 12.1 Å². The number of aromatic nitrogens is 4. The summed E-state index contributed by atoms with van der Waals surface area (Å²) in [6, 6.07) is 8.43. The van der Waals surface area contributed by atoms with Crippen LogP contribution >= 0.6 is 0 Å². The molecule has 1 saturated carbocycles. The fraction of sp³-hybridized carbons (Fsp3) is 0.417. The van der Waals surface area contributed by atoms with E-state index in [4.69, 9.17) is 0 Å². The molecule has 0 amide bonds. The van der Waals surface area contributed by atoms with Crippen molar-refractivity contribution in [2.24, 2.45) is 0 Å². The summed E-state index contributed by atoms with van der Waals surface area (Å²) in [7, 11) is 0. The van der Waals surface area contributed by atoms with Gasteiger partial charge < -0.3 is 5.11 Å². The minimum absolute atomic E-state index is 0.119. The number of alkyl halides is 3. The number of aromatic amines is 1. The van der Waals surface area contributed by atoms with E-state index in [1.807, 2.05) is 4.90 Å². The third-order valence-corrected chi connectivity index (χ3v) is 7.10. The molecule has 1 aliphatic heterocycles. The summed E-state index contributed by atoms with van der Waals surface area (Å²) < 4.78 is 39.9. The summed E-state index contributed by atoms with van der Waals surface area (Å²) in [4.78, 5) is 33.1. The summed E-state index contributed by atoms with van der Waals surface area (Å²) in [6.45, 7) is 3.48. The first-order chi connectivity index (χ1) is 16.5. The van der Waals surface area contributed by atoms with Crippen molar-refractivity contribution in [3.63, 3.8) is 0 Å². The van der Waals surface area contributed by atoms with Gasteiger partial charge in [-0.05, 0) is 49.6 Å². The van der Waals surface area contributed by atoms with Crippen molar-refractivity contribution >= 4 is 0 Å². The highest BCUT2D eigenvalue weighted by atomic mass is 19.4. The molecule has 0 radical (unpaired) electrons. The minimum Gasteiger partial charge on any atom is -0.388 e. The van der Waals surface area contributed by atoms with Crippen molar-refractivity contribution in [2.45, 2.75) is 43.5 Å². The molecule has 2 N–H and O–H groups in total. The number of hydrogen-bond acceptors (Lipinski definition) is 6. The van der Waals surface area contributed by atoms with E-state index in [0.29, 0.717) is 49.3 Å². The monoisotopic (exact) mass is 487 g/mol. The van der Waals surface area contributed by atoms with E-state index in [9.17, 15) is 27.9 Å². The van der Waals surface area contributed by atoms with Crippen molar-refractivity contribution in [1.82, 2.24) is 24.6 Å². The van der Waals surface area contributed by atoms with Crippen LogP contribution in [0.15, 0.2) is 52.2 Å². The SMILES string of the molecule is Cc1ncccc1-c1nn(CCCN2CC3(O)C[C@]3(c3ccc(C(F)(F)F)cc3)C2)c(=O)[nH]c1=O. The zero-order valence-electron chi connectivity index (χ0n) is 19.0. The van der Waals surface area contributed by atoms with Crippen LogP contribution in [-0.4, -0.2) is 55.0 Å². The number of nitrogens with one attached hydrogen (secondary N) is 1. The van der Waals surface area contributed by atoms with E-state index in [1.165, 1.54) is 16.8 Å². The topological polar surface area (TPSA) is 104 Å². The first kappa shape index (κ1) is 23.4. The van der Waals surface area contributed by atoms with Gasteiger partial charge in [-0.3, -0.25) is 19.7 Å². The molecule has 3 aromatic rings. The zero-order valence-corrected chi connectivity index (χ0v) is 19.0. The van der Waals surface area contributed by atoms with E-state index in [2.05, 4.69) is 15.1 Å². The number of hydrogen-bond donors (Lipinski definition) is 2. The van der Waals surface area contributed by atoms with Gasteiger partial charge in [0.15, 0.2) is 5.69 Å². The number of piperidine rings is 1. The van der Waals surface area contributed by atoms with Crippen LogP contribution in [0, 0.1) is 6.92 Å². The molecular weight excluding hydrogens is 463 g/mol. The fourth-order valence-corrected chi connectivity index (χ4v) is 5.21. The first-order valence-electron chi connectivity index (χ1n) is 11.3. The van der Waals surface area contributed by atoms with Gasteiger partial charge in [0.1, 0.15) is 0 Å². The highest BCUT2D eigenvalue weighted by Gasteiger charge is 2.72. The number of β-amino-alcohol motifs (C(OH)–C–C–N with tert-alkyl or cyclic N) is 1. The Labute approximate surface area is 198 Å². The minimum atomic E-state index is -4.40. The highest BCUT2D eigenvalue weighted by Crippen LogP contribution is 2.62. The van der Waals surface area contributed by atoms with Gasteiger partial charge >= 0.3 is 11.9 Å². The maximum atomic E-state index is 12.9. The molecule has 1 aromatic carbocycles. The Morgan fingerprint density at radius 1 is 1.11 bits per heavy atom. The predicted octanol–water partition coefficient (Wildman–Crippen LogP) is 2.10. The number of H-pyrrole nitrogens is 1. The molecular formula is C24H24F3N5O3. The Bertz CT molecular complexity index is 1380. The fourth-order valence-electron chi connectivity index (χ4n) is 5.21. The second-order valence-corrected chi connectivity index (χ2v) is 9.40. The quantitative estimate of drug-likeness (QED) is 0.552. The standard InChI is InChI=1S/C24H24F3N5O3/c1-15-18(4-2-9-28-15)19-20(33)29-21(34)32(30-19)11-3-10-31-13-22(12-23(22,35)14-31)16-5-7-17(8-6-16)24(25,26)27/h2,4-9,35H,3,10-14H2,1H3,(H,29,33,34)/t22-,23?/m1/s1. The van der Waals surface area contributed by atoms with Crippen LogP contribution in [0.2, 0.25) is 0 Å². The van der Waals surface area contributed by atoms with E-state index < -0.39 is 34.0 Å². The van der Waals surface area contributed by atoms with Crippen LogP contribution in [-0.2, 0) is 18.1 Å². The van der Waals surface area contributed by atoms with Gasteiger partial charge in [0.05, 0.1) is 11.2 Å². The van der Waals surface area contributed by atoms with Crippen molar-refractivity contribution in [1.29, 1.82) is 0 Å². The van der Waals surface area contributed by atoms with Gasteiger partial charge in [0, 0.05) is 49.0 Å². The second kappa shape index (κ2) is 8.13. The van der Waals surface area contributed by atoms with Crippen molar-refractivity contribution in [2.75, 3.05) is 19.6 Å². The van der Waals surface area contributed by atoms with Gasteiger partial charge in [-0.25, -0.2) is 9.48 Å². The molecule has 11 heteroatoms. The number of aliphatic hydroxyl groups is 1. The Morgan fingerprint density at radius 2 is 1.86 bits per heavy atom. The molecule has 8 nitrogen and oxygen atoms in total. The zero-order chi connectivity index (χ0) is 25.0. The Morgan fingerprint density at radius 3 is 2.54 bits per heavy atom. The lowest BCUT2D eigenvalue weighted by Crippen LogP contribution is -2.35. The molecule has 35 heavy (non-hydrogen) atoms. The van der Waals surface area contributed by atoms with Crippen LogP contribution in [0.4, 0.5) is 13.2 Å². The van der Waals surface area contributed by atoms with Crippen LogP contribution < -0.4 is 11.2 Å². The molecule has 3 heterocycles. The van der Waals surface area contributed by atoms with Gasteiger partial charge in [0.2, 0.25) is 0 Å². The molecule has 2 aliphatic rings. The summed E-state index contributed by atoms with van der Waals surface area (Å²) in [5.41, 5.74) is -1.46. The normalized spacial score (nSPS) is 23.9. The maximum Gasteiger partial charge on any atom is 0.416 e. The lowest BCUT2D eigenvalue weighted by molar-refractivity contribution is -0.137. The van der Waals surface area contributed by atoms with Gasteiger partial charge in [0.25, 0.3) is 5.56 Å². The average Bonchev–Trinajstić information content (AvgIpc) is 3.28. The van der Waals surface area contributed by atoms with E-state index in [-0.39, 0.29) is 12.2 Å². The lowest BCUT2D eigenvalue weighted by Gasteiger charge is -2.20. The van der Waals surface area contributed by atoms with Gasteiger partial charge in [-0.2, -0.15) is 18.3 Å². The molecule has 2 atom stereocenters. The number of pyridine rings is 1. The number of nitrogens with zero attached hydrogens (tertiary/aromatic N) is 4. The second-order valence-electron chi connectivity index (χ2n) is 9.40. The first-order valence-corrected chi connectivity index (χ1v) is 11.3. The largest absolute Gasteiger partial charge is 0.416 e. The van der Waals surface area contributed by atoms with Crippen molar-refractivity contribution < 1.29 is 18.3 Å². The molecule has 1 unspecified atom stereocenters. The smallest absolute Gasteiger partial charge is 0.388 e. The molecule has 1 saturated heterocycles. The molecule has 0 bridgehead atoms. The van der Waals surface area contributed by atoms with Crippen LogP contribution in [0.25, 0.3) is 11.3 Å². The molecule has 2 aromatic heterocycles. The third kappa shape index (κ3) is 4.08. The maximum absolute atomic E-state index is 12.9. The number of aryl methyl sites for hydroxylation is 2. The van der Waals surface area contributed by atoms with Crippen LogP contribution in [0.1, 0.15) is 29.7 Å². The van der Waals surface area contributed by atoms with Gasteiger partial charge in [-0.15, -0.1) is 0 Å². The molecule has 1 aliphatic carbocycles. The average molecular weight is 487 g/mol. The summed E-state index contributed by atoms with van der Waals surface area (Å²) in [6.07, 6.45) is -1.75. The molecule has 184 valence electrons. The lowest BCUT2D eigenvalue weighted by atomic mass is 9.93. The van der Waals surface area contributed by atoms with Crippen molar-refractivity contribution in [3.05, 3.63) is 80.3 Å². The number of rotatable bonds is 6. The summed E-state index contributed by atoms with van der Waals surface area (Å²) >= 11 is 0. The Balaban J connectivity index is 1.26. The summed E-state index contributed by atoms with van der Waals surface area (Å²) in [5.74, 6) is 0. The number of benzene rings is 1.